The van der Waals surface area contributed by atoms with Crippen LogP contribution < -0.4 is 19.5 Å². The van der Waals surface area contributed by atoms with Crippen molar-refractivity contribution in [2.45, 2.75) is 18.9 Å². The molecule has 1 unspecified atom stereocenters. The molecule has 0 aliphatic carbocycles. The maximum atomic E-state index is 13.2. The van der Waals surface area contributed by atoms with Crippen molar-refractivity contribution in [3.05, 3.63) is 88.4 Å². The fraction of sp³-hybridized carbons (Fsp3) is 0.240. The monoisotopic (exact) mass is 437 g/mol. The van der Waals surface area contributed by atoms with E-state index in [2.05, 4.69) is 17.4 Å². The Balaban J connectivity index is 1.60. The molecule has 3 aromatic rings. The summed E-state index contributed by atoms with van der Waals surface area (Å²) in [7, 11) is 1.54. The smallest absolute Gasteiger partial charge is 0.255 e. The van der Waals surface area contributed by atoms with E-state index >= 15 is 0 Å². The number of ether oxygens (including phenoxy) is 3. The molecule has 1 amide bonds. The number of halogens is 1. The summed E-state index contributed by atoms with van der Waals surface area (Å²) >= 11 is 6.13. The second-order valence-electron chi connectivity index (χ2n) is 7.30. The number of nitrogens with one attached hydrogen (secondary N) is 1. The Morgan fingerprint density at radius 3 is 2.58 bits per heavy atom. The SMILES string of the molecule is COc1ccc(Cl)cc1C(=O)NC(CCc1ccccc1)c1ccc2c(c1)OCCO2. The Labute approximate surface area is 186 Å². The molecule has 1 N–H and O–H groups in total. The lowest BCUT2D eigenvalue weighted by atomic mass is 9.98. The van der Waals surface area contributed by atoms with Crippen LogP contribution >= 0.6 is 11.6 Å². The average molecular weight is 438 g/mol. The Hall–Kier alpha value is -3.18. The maximum Gasteiger partial charge on any atom is 0.255 e. The number of hydrogen-bond donors (Lipinski definition) is 1. The van der Waals surface area contributed by atoms with Crippen LogP contribution in [0.15, 0.2) is 66.7 Å². The summed E-state index contributed by atoms with van der Waals surface area (Å²) in [4.78, 5) is 13.2. The van der Waals surface area contributed by atoms with Crippen molar-refractivity contribution in [2.24, 2.45) is 0 Å². The molecule has 31 heavy (non-hydrogen) atoms. The first-order valence-electron chi connectivity index (χ1n) is 10.2. The van der Waals surface area contributed by atoms with Gasteiger partial charge in [-0.3, -0.25) is 4.79 Å². The summed E-state index contributed by atoms with van der Waals surface area (Å²) in [5.41, 5.74) is 2.56. The lowest BCUT2D eigenvalue weighted by Crippen LogP contribution is -2.29. The van der Waals surface area contributed by atoms with Gasteiger partial charge in [0.05, 0.1) is 18.7 Å². The first-order chi connectivity index (χ1) is 15.1. The van der Waals surface area contributed by atoms with Crippen molar-refractivity contribution >= 4 is 17.5 Å². The summed E-state index contributed by atoms with van der Waals surface area (Å²) in [6, 6.07) is 20.8. The zero-order chi connectivity index (χ0) is 21.6. The van der Waals surface area contributed by atoms with E-state index in [-0.39, 0.29) is 11.9 Å². The van der Waals surface area contributed by atoms with Gasteiger partial charge in [0.15, 0.2) is 11.5 Å². The molecule has 0 saturated heterocycles. The molecule has 0 radical (unpaired) electrons. The van der Waals surface area contributed by atoms with Crippen LogP contribution in [0.2, 0.25) is 5.02 Å². The fourth-order valence-electron chi connectivity index (χ4n) is 3.65. The van der Waals surface area contributed by atoms with Gasteiger partial charge < -0.3 is 19.5 Å². The van der Waals surface area contributed by atoms with Crippen molar-refractivity contribution < 1.29 is 19.0 Å². The van der Waals surface area contributed by atoms with Gasteiger partial charge >= 0.3 is 0 Å². The van der Waals surface area contributed by atoms with Crippen LogP contribution in [0.5, 0.6) is 17.2 Å². The van der Waals surface area contributed by atoms with Gasteiger partial charge in [-0.05, 0) is 54.3 Å². The van der Waals surface area contributed by atoms with Crippen LogP contribution in [0, 0.1) is 0 Å². The van der Waals surface area contributed by atoms with Crippen molar-refractivity contribution in [3.8, 4) is 17.2 Å². The number of carbonyl (C=O) groups excluding carboxylic acids is 1. The molecular formula is C25H24ClNO4. The third kappa shape index (κ3) is 5.12. The van der Waals surface area contributed by atoms with E-state index in [1.54, 1.807) is 18.2 Å². The van der Waals surface area contributed by atoms with Gasteiger partial charge in [0.1, 0.15) is 19.0 Å². The van der Waals surface area contributed by atoms with E-state index in [1.165, 1.54) is 12.7 Å². The van der Waals surface area contributed by atoms with E-state index in [9.17, 15) is 4.79 Å². The predicted octanol–water partition coefficient (Wildman–Crippen LogP) is 5.22. The van der Waals surface area contributed by atoms with Crippen molar-refractivity contribution in [3.63, 3.8) is 0 Å². The Morgan fingerprint density at radius 1 is 1.03 bits per heavy atom. The molecule has 0 saturated carbocycles. The summed E-state index contributed by atoms with van der Waals surface area (Å²) in [5.74, 6) is 1.65. The molecular weight excluding hydrogens is 414 g/mol. The molecule has 6 heteroatoms. The number of rotatable bonds is 7. The Kier molecular flexibility index (Phi) is 6.63. The molecule has 4 rings (SSSR count). The van der Waals surface area contributed by atoms with Crippen LogP contribution in [-0.2, 0) is 6.42 Å². The molecule has 1 aliphatic rings. The second-order valence-corrected chi connectivity index (χ2v) is 7.73. The van der Waals surface area contributed by atoms with Crippen molar-refractivity contribution in [1.29, 1.82) is 0 Å². The van der Waals surface area contributed by atoms with Crippen LogP contribution in [0.3, 0.4) is 0 Å². The standard InChI is InChI=1S/C25H24ClNO4/c1-29-22-12-9-19(26)16-20(22)25(28)27-21(10-7-17-5-3-2-4-6-17)18-8-11-23-24(15-18)31-14-13-30-23/h2-6,8-9,11-12,15-16,21H,7,10,13-14H2,1H3,(H,27,28). The van der Waals surface area contributed by atoms with Gasteiger partial charge in [-0.2, -0.15) is 0 Å². The number of amides is 1. The zero-order valence-electron chi connectivity index (χ0n) is 17.3. The molecule has 0 aromatic heterocycles. The number of carbonyl (C=O) groups is 1. The van der Waals surface area contributed by atoms with E-state index in [0.717, 1.165) is 24.2 Å². The topological polar surface area (TPSA) is 56.8 Å². The minimum Gasteiger partial charge on any atom is -0.496 e. The molecule has 1 aliphatic heterocycles. The quantitative estimate of drug-likeness (QED) is 0.550. The zero-order valence-corrected chi connectivity index (χ0v) is 18.0. The summed E-state index contributed by atoms with van der Waals surface area (Å²) in [6.45, 7) is 1.05. The minimum atomic E-state index is -0.243. The van der Waals surface area contributed by atoms with Crippen molar-refractivity contribution in [2.75, 3.05) is 20.3 Å². The lowest BCUT2D eigenvalue weighted by molar-refractivity contribution is 0.0931. The summed E-state index contributed by atoms with van der Waals surface area (Å²) in [6.07, 6.45) is 1.53. The lowest BCUT2D eigenvalue weighted by Gasteiger charge is -2.23. The Bertz CT molecular complexity index is 1050. The molecule has 5 nitrogen and oxygen atoms in total. The maximum absolute atomic E-state index is 13.2. The van der Waals surface area contributed by atoms with E-state index < -0.39 is 0 Å². The van der Waals surface area contributed by atoms with Crippen LogP contribution in [-0.4, -0.2) is 26.2 Å². The highest BCUT2D eigenvalue weighted by Crippen LogP contribution is 2.34. The highest BCUT2D eigenvalue weighted by atomic mass is 35.5. The van der Waals surface area contributed by atoms with Gasteiger partial charge in [-0.25, -0.2) is 0 Å². The van der Waals surface area contributed by atoms with Gasteiger partial charge in [0.25, 0.3) is 5.91 Å². The number of hydrogen-bond acceptors (Lipinski definition) is 4. The van der Waals surface area contributed by atoms with Crippen LogP contribution in [0.1, 0.15) is 33.9 Å². The van der Waals surface area contributed by atoms with E-state index in [0.29, 0.717) is 35.3 Å². The van der Waals surface area contributed by atoms with Gasteiger partial charge in [0, 0.05) is 5.02 Å². The third-order valence-electron chi connectivity index (χ3n) is 5.24. The predicted molar refractivity (Wildman–Crippen MR) is 120 cm³/mol. The van der Waals surface area contributed by atoms with Crippen LogP contribution in [0.4, 0.5) is 0 Å². The van der Waals surface area contributed by atoms with E-state index in [4.69, 9.17) is 25.8 Å². The second kappa shape index (κ2) is 9.75. The summed E-state index contributed by atoms with van der Waals surface area (Å²) < 4.78 is 16.7. The van der Waals surface area contributed by atoms with Gasteiger partial charge in [-0.15, -0.1) is 0 Å². The van der Waals surface area contributed by atoms with Gasteiger partial charge in [0.2, 0.25) is 0 Å². The number of fused-ring (bicyclic) bond motifs is 1. The molecule has 3 aromatic carbocycles. The van der Waals surface area contributed by atoms with Gasteiger partial charge in [-0.1, -0.05) is 48.0 Å². The molecule has 1 atom stereocenters. The largest absolute Gasteiger partial charge is 0.496 e. The number of methoxy groups -OCH3 is 1. The Morgan fingerprint density at radius 2 is 1.81 bits per heavy atom. The first-order valence-corrected chi connectivity index (χ1v) is 10.6. The molecule has 160 valence electrons. The normalized spacial score (nSPS) is 13.4. The fourth-order valence-corrected chi connectivity index (χ4v) is 3.82. The number of aryl methyl sites for hydroxylation is 1. The third-order valence-corrected chi connectivity index (χ3v) is 5.48. The molecule has 0 bridgehead atoms. The minimum absolute atomic E-state index is 0.229. The summed E-state index contributed by atoms with van der Waals surface area (Å²) in [5, 5.41) is 3.63. The number of benzene rings is 3. The molecule has 0 spiro atoms. The van der Waals surface area contributed by atoms with Crippen LogP contribution in [0.25, 0.3) is 0 Å². The highest BCUT2D eigenvalue weighted by molar-refractivity contribution is 6.31. The molecule has 1 heterocycles. The first kappa shape index (κ1) is 21.1. The molecule has 0 fully saturated rings. The van der Waals surface area contributed by atoms with E-state index in [1.807, 2.05) is 36.4 Å². The highest BCUT2D eigenvalue weighted by Gasteiger charge is 2.21. The van der Waals surface area contributed by atoms with Crippen molar-refractivity contribution in [1.82, 2.24) is 5.32 Å². The average Bonchev–Trinajstić information content (AvgIpc) is 2.82.